The monoisotopic (exact) mass is 803 g/mol. The number of ether oxygens (including phenoxy) is 4. The maximum Gasteiger partial charge on any atom is 0.187 e. The van der Waals surface area contributed by atoms with Crippen LogP contribution in [0.25, 0.3) is 0 Å². The summed E-state index contributed by atoms with van der Waals surface area (Å²) in [4.78, 5) is 0. The van der Waals surface area contributed by atoms with Gasteiger partial charge < -0.3 is 70.0 Å². The molecule has 0 aromatic heterocycles. The second-order valence-corrected chi connectivity index (χ2v) is 21.1. The van der Waals surface area contributed by atoms with Gasteiger partial charge in [0.05, 0.1) is 42.2 Å². The molecule has 2 saturated heterocycles. The van der Waals surface area contributed by atoms with Gasteiger partial charge in [-0.15, -0.1) is 0 Å². The topological polar surface area (TPSA) is 239 Å². The van der Waals surface area contributed by atoms with Crippen molar-refractivity contribution in [2.75, 3.05) is 6.61 Å². The number of aliphatic hydroxyl groups is 10. The number of hydrogen-bond donors (Lipinski definition) is 10. The number of rotatable bonds is 10. The van der Waals surface area contributed by atoms with E-state index >= 15 is 0 Å². The Morgan fingerprint density at radius 2 is 1.39 bits per heavy atom. The van der Waals surface area contributed by atoms with E-state index in [2.05, 4.69) is 20.8 Å². The van der Waals surface area contributed by atoms with Gasteiger partial charge in [0, 0.05) is 0 Å². The highest BCUT2D eigenvalue weighted by Crippen LogP contribution is 2.76. The maximum atomic E-state index is 12.3. The molecule has 0 spiro atoms. The standard InChI is InChI=1S/C42H74O14/c1-20-28(46)30(48)32(50)35(53-20)56-33-31(49)29(47)24(19-43)55-36(33)54-23-18-41(8)25(39(6)15-12-26(45)38(4,5)34(23)39)17-22(44)27-21(11-16-40(27,41)7)42(9,52)14-10-13-37(2,3)51/h20-36,43-52H,10-19H2,1-9H3/t20-,21-,22+,23-,24+,25+,26-,27-,28-,29+,30+,31-,32+,33+,34-,35-,36+,39+,40+,41+,42+/m0/s1. The van der Waals surface area contributed by atoms with Crippen LogP contribution in [0.2, 0.25) is 0 Å². The molecule has 56 heavy (non-hydrogen) atoms. The minimum atomic E-state index is -1.71. The summed E-state index contributed by atoms with van der Waals surface area (Å²) in [5, 5.41) is 111. The van der Waals surface area contributed by atoms with E-state index in [9.17, 15) is 51.1 Å². The number of fused-ring (bicyclic) bond motifs is 5. The normalized spacial score (nSPS) is 53.1. The van der Waals surface area contributed by atoms with Crippen LogP contribution >= 0.6 is 0 Å². The Kier molecular flexibility index (Phi) is 12.4. The average molecular weight is 803 g/mol. The van der Waals surface area contributed by atoms with Crippen LogP contribution in [-0.4, -0.2) is 149 Å². The summed E-state index contributed by atoms with van der Waals surface area (Å²) >= 11 is 0. The average Bonchev–Trinajstić information content (AvgIpc) is 3.48. The molecule has 6 fully saturated rings. The molecule has 326 valence electrons. The Balaban J connectivity index is 1.37. The van der Waals surface area contributed by atoms with Gasteiger partial charge in [-0.05, 0) is 131 Å². The molecule has 0 bridgehead atoms. The van der Waals surface area contributed by atoms with Crippen LogP contribution in [0, 0.1) is 45.3 Å². The van der Waals surface area contributed by atoms with Crippen LogP contribution in [0.3, 0.4) is 0 Å². The molecule has 4 saturated carbocycles. The highest BCUT2D eigenvalue weighted by Gasteiger charge is 2.73. The third-order valence-electron chi connectivity index (χ3n) is 16.7. The van der Waals surface area contributed by atoms with Gasteiger partial charge >= 0.3 is 0 Å². The first kappa shape index (κ1) is 45.0. The largest absolute Gasteiger partial charge is 0.394 e. The van der Waals surface area contributed by atoms with Gasteiger partial charge in [0.1, 0.15) is 42.7 Å². The highest BCUT2D eigenvalue weighted by molar-refractivity contribution is 5.22. The fraction of sp³-hybridized carbons (Fsp3) is 1.00. The lowest BCUT2D eigenvalue weighted by Crippen LogP contribution is -2.71. The number of hydrogen-bond acceptors (Lipinski definition) is 14. The summed E-state index contributed by atoms with van der Waals surface area (Å²) in [5.74, 6) is -0.689. The van der Waals surface area contributed by atoms with Crippen LogP contribution in [-0.2, 0) is 18.9 Å². The fourth-order valence-corrected chi connectivity index (χ4v) is 13.5. The van der Waals surface area contributed by atoms with E-state index in [1.165, 1.54) is 6.92 Å². The SMILES string of the molecule is C[C@@H]1O[C@@H](O[C@H]2[C@H](O[C@H]3C[C@]4(C)[C@H](C[C@@H](O)[C@@H]5[C@@H]([C@](C)(O)CCCC(C)(C)O)CC[C@]54C)[C@@]4(C)CC[C@H](O)C(C)(C)[C@H]34)O[C@H](CO)[C@@H](O)[C@@H]2O)[C@H](O)[C@H](O)[C@H]1O. The van der Waals surface area contributed by atoms with E-state index in [0.29, 0.717) is 44.9 Å². The molecule has 6 aliphatic rings. The van der Waals surface area contributed by atoms with Crippen molar-refractivity contribution in [2.24, 2.45) is 45.3 Å². The van der Waals surface area contributed by atoms with Crippen molar-refractivity contribution in [2.45, 2.75) is 211 Å². The maximum absolute atomic E-state index is 12.3. The smallest absolute Gasteiger partial charge is 0.187 e. The van der Waals surface area contributed by atoms with Crippen molar-refractivity contribution in [3.8, 4) is 0 Å². The van der Waals surface area contributed by atoms with Gasteiger partial charge in [-0.1, -0.05) is 34.6 Å². The third kappa shape index (κ3) is 7.35. The van der Waals surface area contributed by atoms with E-state index in [-0.39, 0.29) is 23.7 Å². The summed E-state index contributed by atoms with van der Waals surface area (Å²) in [6.45, 7) is 17.1. The van der Waals surface area contributed by atoms with Gasteiger partial charge in [-0.25, -0.2) is 0 Å². The van der Waals surface area contributed by atoms with Gasteiger partial charge in [0.15, 0.2) is 12.6 Å². The summed E-state index contributed by atoms with van der Waals surface area (Å²) in [7, 11) is 0. The highest BCUT2D eigenvalue weighted by atomic mass is 16.8. The van der Waals surface area contributed by atoms with Crippen LogP contribution in [0.1, 0.15) is 120 Å². The van der Waals surface area contributed by atoms with Gasteiger partial charge in [0.2, 0.25) is 0 Å². The van der Waals surface area contributed by atoms with Crippen LogP contribution in [0.5, 0.6) is 0 Å². The molecule has 2 aliphatic heterocycles. The molecule has 21 atom stereocenters. The summed E-state index contributed by atoms with van der Waals surface area (Å²) in [6, 6.07) is 0. The predicted octanol–water partition coefficient (Wildman–Crippen LogP) is 1.34. The van der Waals surface area contributed by atoms with E-state index in [1.807, 2.05) is 20.8 Å². The molecule has 10 N–H and O–H groups in total. The van der Waals surface area contributed by atoms with Gasteiger partial charge in [-0.2, -0.15) is 0 Å². The van der Waals surface area contributed by atoms with Gasteiger partial charge in [-0.3, -0.25) is 0 Å². The van der Waals surface area contributed by atoms with Crippen molar-refractivity contribution in [1.82, 2.24) is 0 Å². The Hall–Kier alpha value is -0.560. The van der Waals surface area contributed by atoms with Crippen LogP contribution < -0.4 is 0 Å². The second kappa shape index (κ2) is 15.4. The zero-order valence-electron chi connectivity index (χ0n) is 35.0. The quantitative estimate of drug-likeness (QED) is 0.140. The van der Waals surface area contributed by atoms with E-state index in [1.54, 1.807) is 13.8 Å². The molecule has 0 radical (unpaired) electrons. The molecule has 0 unspecified atom stereocenters. The Bertz CT molecular complexity index is 1370. The predicted molar refractivity (Wildman–Crippen MR) is 202 cm³/mol. The van der Waals surface area contributed by atoms with Crippen molar-refractivity contribution in [1.29, 1.82) is 0 Å². The first-order valence-electron chi connectivity index (χ1n) is 21.2. The summed E-state index contributed by atoms with van der Waals surface area (Å²) < 4.78 is 25.1. The zero-order valence-corrected chi connectivity index (χ0v) is 35.0. The lowest BCUT2D eigenvalue weighted by atomic mass is 9.34. The molecule has 2 heterocycles. The minimum Gasteiger partial charge on any atom is -0.394 e. The molecule has 0 aromatic carbocycles. The molecule has 6 rings (SSSR count). The van der Waals surface area contributed by atoms with Crippen molar-refractivity contribution >= 4 is 0 Å². The fourth-order valence-electron chi connectivity index (χ4n) is 13.5. The van der Waals surface area contributed by atoms with E-state index in [4.69, 9.17) is 18.9 Å². The molecular formula is C42H74O14. The molecule has 14 nitrogen and oxygen atoms in total. The lowest BCUT2D eigenvalue weighted by molar-refractivity contribution is -0.382. The zero-order chi connectivity index (χ0) is 41.7. The Morgan fingerprint density at radius 3 is 2.02 bits per heavy atom. The van der Waals surface area contributed by atoms with Crippen molar-refractivity contribution in [3.63, 3.8) is 0 Å². The molecule has 14 heteroatoms. The van der Waals surface area contributed by atoms with E-state index < -0.39 is 119 Å². The number of aliphatic hydroxyl groups excluding tert-OH is 8. The van der Waals surface area contributed by atoms with Crippen molar-refractivity contribution < 1.29 is 70.0 Å². The lowest BCUT2D eigenvalue weighted by Gasteiger charge is -2.72. The summed E-state index contributed by atoms with van der Waals surface area (Å²) in [6.07, 6.45) is -11.2. The molecule has 0 amide bonds. The first-order valence-corrected chi connectivity index (χ1v) is 21.2. The van der Waals surface area contributed by atoms with Gasteiger partial charge in [0.25, 0.3) is 0 Å². The Morgan fingerprint density at radius 1 is 0.732 bits per heavy atom. The third-order valence-corrected chi connectivity index (χ3v) is 16.7. The Labute approximate surface area is 332 Å². The molecule has 0 aromatic rings. The molecule has 4 aliphatic carbocycles. The minimum absolute atomic E-state index is 0.0128. The van der Waals surface area contributed by atoms with E-state index in [0.717, 1.165) is 12.8 Å². The summed E-state index contributed by atoms with van der Waals surface area (Å²) in [5.41, 5.74) is -3.96. The van der Waals surface area contributed by atoms with Crippen LogP contribution in [0.15, 0.2) is 0 Å². The van der Waals surface area contributed by atoms with Crippen LogP contribution in [0.4, 0.5) is 0 Å². The first-order chi connectivity index (χ1) is 25.7. The molecular weight excluding hydrogens is 728 g/mol. The van der Waals surface area contributed by atoms with Crippen molar-refractivity contribution in [3.05, 3.63) is 0 Å². The second-order valence-electron chi connectivity index (χ2n) is 21.1.